The SMILES string of the molecule is COc1cc(C)c(C(=O)c2ccc(F)c(C)c2)cc1C. The van der Waals surface area contributed by atoms with E-state index in [1.807, 2.05) is 26.0 Å². The lowest BCUT2D eigenvalue weighted by Gasteiger charge is -2.11. The van der Waals surface area contributed by atoms with E-state index >= 15 is 0 Å². The standard InChI is InChI=1S/C17H17FO2/c1-10-9-16(20-4)12(3)8-14(10)17(19)13-5-6-15(18)11(2)7-13/h5-9H,1-4H3. The van der Waals surface area contributed by atoms with Gasteiger partial charge in [-0.05, 0) is 67.8 Å². The summed E-state index contributed by atoms with van der Waals surface area (Å²) >= 11 is 0. The lowest BCUT2D eigenvalue weighted by molar-refractivity contribution is 0.103. The third-order valence-electron chi connectivity index (χ3n) is 3.41. The zero-order valence-corrected chi connectivity index (χ0v) is 12.1. The average Bonchev–Trinajstić information content (AvgIpc) is 2.43. The predicted octanol–water partition coefficient (Wildman–Crippen LogP) is 3.99. The second kappa shape index (κ2) is 5.45. The maximum absolute atomic E-state index is 13.3. The van der Waals surface area contributed by atoms with Gasteiger partial charge in [-0.15, -0.1) is 0 Å². The van der Waals surface area contributed by atoms with Gasteiger partial charge in [0.25, 0.3) is 0 Å². The van der Waals surface area contributed by atoms with Gasteiger partial charge in [-0.3, -0.25) is 4.79 Å². The smallest absolute Gasteiger partial charge is 0.193 e. The number of carbonyl (C=O) groups excluding carboxylic acids is 1. The van der Waals surface area contributed by atoms with Crippen LogP contribution < -0.4 is 4.74 Å². The zero-order valence-electron chi connectivity index (χ0n) is 12.1. The topological polar surface area (TPSA) is 26.3 Å². The highest BCUT2D eigenvalue weighted by molar-refractivity contribution is 6.10. The summed E-state index contributed by atoms with van der Waals surface area (Å²) < 4.78 is 18.5. The molecule has 0 aliphatic rings. The van der Waals surface area contributed by atoms with E-state index in [9.17, 15) is 9.18 Å². The van der Waals surface area contributed by atoms with Crippen LogP contribution in [0.15, 0.2) is 30.3 Å². The fraction of sp³-hybridized carbons (Fsp3) is 0.235. The van der Waals surface area contributed by atoms with Gasteiger partial charge in [0.05, 0.1) is 7.11 Å². The maximum atomic E-state index is 13.3. The lowest BCUT2D eigenvalue weighted by Crippen LogP contribution is -2.06. The Kier molecular flexibility index (Phi) is 3.89. The van der Waals surface area contributed by atoms with Crippen molar-refractivity contribution in [2.24, 2.45) is 0 Å². The molecule has 0 heterocycles. The Morgan fingerprint density at radius 2 is 1.70 bits per heavy atom. The first-order chi connectivity index (χ1) is 9.43. The first-order valence-electron chi connectivity index (χ1n) is 6.40. The molecule has 104 valence electrons. The molecule has 2 nitrogen and oxygen atoms in total. The van der Waals surface area contributed by atoms with Gasteiger partial charge in [0.1, 0.15) is 11.6 Å². The van der Waals surface area contributed by atoms with Crippen LogP contribution in [-0.4, -0.2) is 12.9 Å². The molecule has 2 aromatic carbocycles. The van der Waals surface area contributed by atoms with Gasteiger partial charge < -0.3 is 4.74 Å². The first kappa shape index (κ1) is 14.3. The van der Waals surface area contributed by atoms with E-state index < -0.39 is 0 Å². The minimum Gasteiger partial charge on any atom is -0.496 e. The van der Waals surface area contributed by atoms with Gasteiger partial charge in [0, 0.05) is 11.1 Å². The minimum absolute atomic E-state index is 0.101. The molecule has 0 aliphatic heterocycles. The van der Waals surface area contributed by atoms with E-state index in [-0.39, 0.29) is 11.6 Å². The molecule has 0 aliphatic carbocycles. The molecule has 0 saturated carbocycles. The number of hydrogen-bond donors (Lipinski definition) is 0. The molecular weight excluding hydrogens is 255 g/mol. The number of ketones is 1. The Morgan fingerprint density at radius 1 is 1.00 bits per heavy atom. The second-order valence-corrected chi connectivity index (χ2v) is 4.93. The lowest BCUT2D eigenvalue weighted by atomic mass is 9.96. The first-order valence-corrected chi connectivity index (χ1v) is 6.40. The van der Waals surface area contributed by atoms with Gasteiger partial charge in [-0.1, -0.05) is 0 Å². The Morgan fingerprint density at radius 3 is 2.30 bits per heavy atom. The quantitative estimate of drug-likeness (QED) is 0.790. The summed E-state index contributed by atoms with van der Waals surface area (Å²) in [5, 5.41) is 0. The van der Waals surface area contributed by atoms with Crippen molar-refractivity contribution >= 4 is 5.78 Å². The van der Waals surface area contributed by atoms with Crippen LogP contribution in [0.3, 0.4) is 0 Å². The monoisotopic (exact) mass is 272 g/mol. The highest BCUT2D eigenvalue weighted by atomic mass is 19.1. The Hall–Kier alpha value is -2.16. The largest absolute Gasteiger partial charge is 0.496 e. The fourth-order valence-electron chi connectivity index (χ4n) is 2.20. The van der Waals surface area contributed by atoms with E-state index in [2.05, 4.69) is 0 Å². The van der Waals surface area contributed by atoms with Gasteiger partial charge in [0.2, 0.25) is 0 Å². The van der Waals surface area contributed by atoms with Crippen LogP contribution in [0.4, 0.5) is 4.39 Å². The molecule has 20 heavy (non-hydrogen) atoms. The van der Waals surface area contributed by atoms with Crippen LogP contribution in [0.1, 0.15) is 32.6 Å². The van der Waals surface area contributed by atoms with Gasteiger partial charge in [0.15, 0.2) is 5.78 Å². The number of benzene rings is 2. The van der Waals surface area contributed by atoms with Crippen LogP contribution in [0.25, 0.3) is 0 Å². The van der Waals surface area contributed by atoms with E-state index in [4.69, 9.17) is 4.74 Å². The molecular formula is C17H17FO2. The van der Waals surface area contributed by atoms with E-state index in [1.165, 1.54) is 12.1 Å². The van der Waals surface area contributed by atoms with Crippen molar-refractivity contribution in [3.05, 3.63) is 64.0 Å². The van der Waals surface area contributed by atoms with Crippen molar-refractivity contribution in [2.75, 3.05) is 7.11 Å². The molecule has 0 N–H and O–H groups in total. The second-order valence-electron chi connectivity index (χ2n) is 4.93. The molecule has 0 saturated heterocycles. The van der Waals surface area contributed by atoms with Crippen molar-refractivity contribution in [3.63, 3.8) is 0 Å². The molecule has 2 aromatic rings. The molecule has 0 amide bonds. The van der Waals surface area contributed by atoms with E-state index in [0.29, 0.717) is 16.7 Å². The van der Waals surface area contributed by atoms with E-state index in [1.54, 1.807) is 20.1 Å². The molecule has 0 unspecified atom stereocenters. The van der Waals surface area contributed by atoms with Crippen molar-refractivity contribution < 1.29 is 13.9 Å². The van der Waals surface area contributed by atoms with Crippen molar-refractivity contribution in [2.45, 2.75) is 20.8 Å². The fourth-order valence-corrected chi connectivity index (χ4v) is 2.20. The predicted molar refractivity (Wildman–Crippen MR) is 77.0 cm³/mol. The number of ether oxygens (including phenoxy) is 1. The normalized spacial score (nSPS) is 10.4. The molecule has 0 radical (unpaired) electrons. The molecule has 0 aromatic heterocycles. The Balaban J connectivity index is 2.48. The van der Waals surface area contributed by atoms with Crippen LogP contribution in [-0.2, 0) is 0 Å². The number of rotatable bonds is 3. The van der Waals surface area contributed by atoms with E-state index in [0.717, 1.165) is 16.9 Å². The highest BCUT2D eigenvalue weighted by Gasteiger charge is 2.15. The molecule has 0 fully saturated rings. The third kappa shape index (κ3) is 2.57. The third-order valence-corrected chi connectivity index (χ3v) is 3.41. The van der Waals surface area contributed by atoms with Crippen LogP contribution in [0, 0.1) is 26.6 Å². The number of aryl methyl sites for hydroxylation is 3. The molecule has 3 heteroatoms. The summed E-state index contributed by atoms with van der Waals surface area (Å²) in [6, 6.07) is 8.09. The Labute approximate surface area is 118 Å². The van der Waals surface area contributed by atoms with Gasteiger partial charge in [-0.2, -0.15) is 0 Å². The summed E-state index contributed by atoms with van der Waals surface area (Å²) in [7, 11) is 1.60. The van der Waals surface area contributed by atoms with Gasteiger partial charge in [-0.25, -0.2) is 4.39 Å². The highest BCUT2D eigenvalue weighted by Crippen LogP contribution is 2.24. The average molecular weight is 272 g/mol. The molecule has 0 atom stereocenters. The number of methoxy groups -OCH3 is 1. The summed E-state index contributed by atoms with van der Waals surface area (Å²) in [5.74, 6) is 0.356. The molecule has 2 rings (SSSR count). The molecule has 0 bridgehead atoms. The van der Waals surface area contributed by atoms with Gasteiger partial charge >= 0.3 is 0 Å². The van der Waals surface area contributed by atoms with Crippen molar-refractivity contribution in [1.82, 2.24) is 0 Å². The summed E-state index contributed by atoms with van der Waals surface area (Å²) in [5.41, 5.74) is 3.34. The number of halogens is 1. The number of hydrogen-bond acceptors (Lipinski definition) is 2. The number of carbonyl (C=O) groups is 1. The Bertz CT molecular complexity index is 675. The minimum atomic E-state index is -0.302. The van der Waals surface area contributed by atoms with Crippen LogP contribution >= 0.6 is 0 Å². The van der Waals surface area contributed by atoms with Crippen LogP contribution in [0.2, 0.25) is 0 Å². The van der Waals surface area contributed by atoms with Crippen molar-refractivity contribution in [3.8, 4) is 5.75 Å². The molecule has 0 spiro atoms. The van der Waals surface area contributed by atoms with Crippen molar-refractivity contribution in [1.29, 1.82) is 0 Å². The summed E-state index contributed by atoms with van der Waals surface area (Å²) in [6.07, 6.45) is 0. The summed E-state index contributed by atoms with van der Waals surface area (Å²) in [4.78, 5) is 12.5. The summed E-state index contributed by atoms with van der Waals surface area (Å²) in [6.45, 7) is 5.41. The van der Waals surface area contributed by atoms with Crippen LogP contribution in [0.5, 0.6) is 5.75 Å². The zero-order chi connectivity index (χ0) is 14.9. The maximum Gasteiger partial charge on any atom is 0.193 e.